The first-order chi connectivity index (χ1) is 14.8. The summed E-state index contributed by atoms with van der Waals surface area (Å²) in [6.07, 6.45) is 9.14. The first kappa shape index (κ1) is 20.9. The average Bonchev–Trinajstić information content (AvgIpc) is 2.80. The molecule has 1 N–H and O–H groups in total. The number of pyridine rings is 1. The van der Waals surface area contributed by atoms with Crippen LogP contribution in [0.25, 0.3) is 0 Å². The molecular formula is C25H34N4O. The Kier molecular flexibility index (Phi) is 7.35. The zero-order chi connectivity index (χ0) is 20.6. The summed E-state index contributed by atoms with van der Waals surface area (Å²) in [6, 6.07) is 14.9. The van der Waals surface area contributed by atoms with E-state index in [1.165, 1.54) is 17.5 Å². The molecule has 0 saturated carbocycles. The lowest BCUT2D eigenvalue weighted by Gasteiger charge is -2.35. The van der Waals surface area contributed by atoms with Crippen molar-refractivity contribution in [2.45, 2.75) is 51.0 Å². The molecule has 2 aromatic rings. The predicted molar refractivity (Wildman–Crippen MR) is 122 cm³/mol. The number of unbranched alkanes of at least 4 members (excludes halogenated alkanes) is 2. The Labute approximate surface area is 180 Å². The number of amides is 1. The van der Waals surface area contributed by atoms with Crippen molar-refractivity contribution in [3.63, 3.8) is 0 Å². The van der Waals surface area contributed by atoms with Gasteiger partial charge < -0.3 is 10.2 Å². The van der Waals surface area contributed by atoms with Crippen LogP contribution in [0.4, 0.5) is 5.82 Å². The zero-order valence-corrected chi connectivity index (χ0v) is 17.9. The highest BCUT2D eigenvalue weighted by Gasteiger charge is 2.21. The van der Waals surface area contributed by atoms with E-state index in [4.69, 9.17) is 0 Å². The summed E-state index contributed by atoms with van der Waals surface area (Å²) < 4.78 is 0. The van der Waals surface area contributed by atoms with Gasteiger partial charge in [0.15, 0.2) is 0 Å². The summed E-state index contributed by atoms with van der Waals surface area (Å²) >= 11 is 0. The summed E-state index contributed by atoms with van der Waals surface area (Å²) in [5.74, 6) is 1.30. The van der Waals surface area contributed by atoms with Crippen LogP contribution in [-0.2, 0) is 11.2 Å². The summed E-state index contributed by atoms with van der Waals surface area (Å²) in [4.78, 5) is 21.8. The van der Waals surface area contributed by atoms with Crippen molar-refractivity contribution in [3.05, 3.63) is 59.8 Å². The number of nitrogens with zero attached hydrogens (tertiary/aromatic N) is 3. The lowest BCUT2D eigenvalue weighted by molar-refractivity contribution is -0.122. The van der Waals surface area contributed by atoms with Gasteiger partial charge in [-0.1, -0.05) is 36.8 Å². The molecule has 4 rings (SSSR count). The maximum atomic E-state index is 12.4. The van der Waals surface area contributed by atoms with Gasteiger partial charge in [-0.3, -0.25) is 9.69 Å². The normalized spacial score (nSPS) is 19.3. The molecule has 2 aliphatic rings. The van der Waals surface area contributed by atoms with Gasteiger partial charge in [-0.15, -0.1) is 0 Å². The molecule has 5 heteroatoms. The van der Waals surface area contributed by atoms with Gasteiger partial charge in [0.2, 0.25) is 5.91 Å². The highest BCUT2D eigenvalue weighted by molar-refractivity contribution is 5.76. The van der Waals surface area contributed by atoms with Gasteiger partial charge in [0.05, 0.1) is 6.04 Å². The van der Waals surface area contributed by atoms with E-state index in [1.54, 1.807) is 0 Å². The maximum absolute atomic E-state index is 12.4. The molecule has 1 unspecified atom stereocenters. The fourth-order valence-electron chi connectivity index (χ4n) is 4.71. The number of piperazine rings is 1. The molecule has 1 aliphatic carbocycles. The van der Waals surface area contributed by atoms with E-state index >= 15 is 0 Å². The van der Waals surface area contributed by atoms with Gasteiger partial charge >= 0.3 is 0 Å². The number of hydrogen-bond acceptors (Lipinski definition) is 4. The van der Waals surface area contributed by atoms with Crippen molar-refractivity contribution < 1.29 is 4.79 Å². The highest BCUT2D eigenvalue weighted by atomic mass is 16.1. The molecule has 2 heterocycles. The van der Waals surface area contributed by atoms with E-state index < -0.39 is 0 Å². The molecule has 1 amide bonds. The molecule has 0 radical (unpaired) electrons. The summed E-state index contributed by atoms with van der Waals surface area (Å²) in [7, 11) is 0. The van der Waals surface area contributed by atoms with Crippen molar-refractivity contribution in [3.8, 4) is 0 Å². The minimum Gasteiger partial charge on any atom is -0.354 e. The fraction of sp³-hybridized carbons (Fsp3) is 0.520. The number of rotatable bonds is 8. The largest absolute Gasteiger partial charge is 0.354 e. The minimum atomic E-state index is 0.206. The van der Waals surface area contributed by atoms with Crippen LogP contribution in [-0.4, -0.2) is 48.5 Å². The number of hydrogen-bond donors (Lipinski definition) is 1. The third kappa shape index (κ3) is 5.60. The van der Waals surface area contributed by atoms with Crippen molar-refractivity contribution in [1.82, 2.24) is 15.2 Å². The molecule has 1 saturated heterocycles. The third-order valence-electron chi connectivity index (χ3n) is 6.43. The molecule has 1 aromatic heterocycles. The van der Waals surface area contributed by atoms with E-state index in [0.717, 1.165) is 70.6 Å². The fourth-order valence-corrected chi connectivity index (χ4v) is 4.71. The van der Waals surface area contributed by atoms with Crippen LogP contribution in [0, 0.1) is 0 Å². The molecule has 0 bridgehead atoms. The van der Waals surface area contributed by atoms with Gasteiger partial charge in [0.1, 0.15) is 5.82 Å². The SMILES string of the molecule is O=C(CCCCCN1CCN(c2ccccn2)CC1)NC1CCCc2ccccc21. The Balaban J connectivity index is 1.09. The van der Waals surface area contributed by atoms with Crippen LogP contribution in [0.3, 0.4) is 0 Å². The van der Waals surface area contributed by atoms with Crippen LogP contribution in [0.2, 0.25) is 0 Å². The van der Waals surface area contributed by atoms with Gasteiger partial charge in [-0.25, -0.2) is 4.98 Å². The van der Waals surface area contributed by atoms with Crippen molar-refractivity contribution in [2.75, 3.05) is 37.6 Å². The monoisotopic (exact) mass is 406 g/mol. The first-order valence-corrected chi connectivity index (χ1v) is 11.5. The Morgan fingerprint density at radius 1 is 1.00 bits per heavy atom. The van der Waals surface area contributed by atoms with E-state index in [9.17, 15) is 4.79 Å². The molecule has 1 aliphatic heterocycles. The molecule has 1 atom stereocenters. The number of nitrogens with one attached hydrogen (secondary N) is 1. The van der Waals surface area contributed by atoms with Crippen LogP contribution in [0.5, 0.6) is 0 Å². The van der Waals surface area contributed by atoms with Crippen LogP contribution < -0.4 is 10.2 Å². The number of carbonyl (C=O) groups excluding carboxylic acids is 1. The van der Waals surface area contributed by atoms with E-state index in [1.807, 2.05) is 12.3 Å². The summed E-state index contributed by atoms with van der Waals surface area (Å²) in [5.41, 5.74) is 2.72. The molecule has 5 nitrogen and oxygen atoms in total. The lowest BCUT2D eigenvalue weighted by atomic mass is 9.87. The Hall–Kier alpha value is -2.40. The van der Waals surface area contributed by atoms with Crippen molar-refractivity contribution in [2.24, 2.45) is 0 Å². The number of benzene rings is 1. The zero-order valence-electron chi connectivity index (χ0n) is 17.9. The molecule has 1 fully saturated rings. The highest BCUT2D eigenvalue weighted by Crippen LogP contribution is 2.29. The number of aromatic nitrogens is 1. The Morgan fingerprint density at radius 2 is 1.83 bits per heavy atom. The van der Waals surface area contributed by atoms with Crippen LogP contribution >= 0.6 is 0 Å². The van der Waals surface area contributed by atoms with E-state index in [2.05, 4.69) is 56.5 Å². The quantitative estimate of drug-likeness (QED) is 0.674. The second-order valence-corrected chi connectivity index (χ2v) is 8.54. The molecular weight excluding hydrogens is 372 g/mol. The molecule has 0 spiro atoms. The second kappa shape index (κ2) is 10.6. The maximum Gasteiger partial charge on any atom is 0.220 e. The van der Waals surface area contributed by atoms with Gasteiger partial charge in [0, 0.05) is 38.8 Å². The topological polar surface area (TPSA) is 48.5 Å². The van der Waals surface area contributed by atoms with E-state index in [-0.39, 0.29) is 11.9 Å². The molecule has 30 heavy (non-hydrogen) atoms. The number of aryl methyl sites for hydroxylation is 1. The lowest BCUT2D eigenvalue weighted by Crippen LogP contribution is -2.46. The molecule has 160 valence electrons. The van der Waals surface area contributed by atoms with Crippen molar-refractivity contribution in [1.29, 1.82) is 0 Å². The standard InChI is InChI=1S/C25H34N4O/c30-25(27-23-12-8-10-21-9-3-4-11-22(21)23)14-2-1-7-16-28-17-19-29(20-18-28)24-13-5-6-15-26-24/h3-6,9,11,13,15,23H,1-2,7-8,10,12,14,16-20H2,(H,27,30). The third-order valence-corrected chi connectivity index (χ3v) is 6.43. The van der Waals surface area contributed by atoms with Crippen LogP contribution in [0.15, 0.2) is 48.7 Å². The van der Waals surface area contributed by atoms with Crippen molar-refractivity contribution >= 4 is 11.7 Å². The van der Waals surface area contributed by atoms with Gasteiger partial charge in [-0.2, -0.15) is 0 Å². The second-order valence-electron chi connectivity index (χ2n) is 8.54. The number of carbonyl (C=O) groups is 1. The Bertz CT molecular complexity index is 802. The van der Waals surface area contributed by atoms with Gasteiger partial charge in [-0.05, 0) is 61.9 Å². The van der Waals surface area contributed by atoms with Crippen LogP contribution in [0.1, 0.15) is 55.7 Å². The molecule has 1 aromatic carbocycles. The average molecular weight is 407 g/mol. The number of fused-ring (bicyclic) bond motifs is 1. The smallest absolute Gasteiger partial charge is 0.220 e. The summed E-state index contributed by atoms with van der Waals surface area (Å²) in [6.45, 7) is 5.41. The van der Waals surface area contributed by atoms with Gasteiger partial charge in [0.25, 0.3) is 0 Å². The summed E-state index contributed by atoms with van der Waals surface area (Å²) in [5, 5.41) is 3.27. The first-order valence-electron chi connectivity index (χ1n) is 11.5. The number of anilines is 1. The van der Waals surface area contributed by atoms with E-state index in [0.29, 0.717) is 6.42 Å². The minimum absolute atomic E-state index is 0.206. The predicted octanol–water partition coefficient (Wildman–Crippen LogP) is 3.96. The Morgan fingerprint density at radius 3 is 2.67 bits per heavy atom.